The van der Waals surface area contributed by atoms with Gasteiger partial charge in [-0.15, -0.1) is 0 Å². The van der Waals surface area contributed by atoms with E-state index in [2.05, 4.69) is 50.4 Å². The number of hydrogen-bond donors (Lipinski definition) is 2. The number of rotatable bonds is 4. The zero-order chi connectivity index (χ0) is 14.7. The molecule has 106 valence electrons. The number of hydrogen-bond acceptors (Lipinski definition) is 2. The van der Waals surface area contributed by atoms with Crippen LogP contribution in [0.1, 0.15) is 48.2 Å². The summed E-state index contributed by atoms with van der Waals surface area (Å²) in [5.41, 5.74) is 4.64. The smallest absolute Gasteiger partial charge is 0.120 e. The zero-order valence-electron chi connectivity index (χ0n) is 12.6. The quantitative estimate of drug-likeness (QED) is 0.861. The van der Waals surface area contributed by atoms with Gasteiger partial charge >= 0.3 is 0 Å². The molecule has 1 unspecified atom stereocenters. The number of phenols is 1. The molecular weight excluding hydrogens is 246 g/mol. The first-order valence-electron chi connectivity index (χ1n) is 7.09. The van der Waals surface area contributed by atoms with Gasteiger partial charge in [0.2, 0.25) is 0 Å². The number of benzene rings is 2. The molecule has 2 atom stereocenters. The maximum atomic E-state index is 9.99. The molecule has 0 aliphatic carbocycles. The zero-order valence-corrected chi connectivity index (χ0v) is 12.6. The SMILES string of the molecule is Cc1ccc([C@H](C)NC(C)c2cc(C)ccc2O)cc1. The molecule has 20 heavy (non-hydrogen) atoms. The van der Waals surface area contributed by atoms with Gasteiger partial charge in [-0.3, -0.25) is 0 Å². The lowest BCUT2D eigenvalue weighted by atomic mass is 10.0. The fraction of sp³-hybridized carbons (Fsp3) is 0.333. The Labute approximate surface area is 121 Å². The van der Waals surface area contributed by atoms with E-state index in [1.54, 1.807) is 6.07 Å². The van der Waals surface area contributed by atoms with Gasteiger partial charge in [0.1, 0.15) is 5.75 Å². The Balaban J connectivity index is 2.12. The second-order valence-electron chi connectivity index (χ2n) is 5.58. The lowest BCUT2D eigenvalue weighted by Crippen LogP contribution is -2.22. The summed E-state index contributed by atoms with van der Waals surface area (Å²) in [6.45, 7) is 8.36. The van der Waals surface area contributed by atoms with Crippen LogP contribution in [0.2, 0.25) is 0 Å². The summed E-state index contributed by atoms with van der Waals surface area (Å²) in [5.74, 6) is 0.353. The van der Waals surface area contributed by atoms with Crippen molar-refractivity contribution in [2.45, 2.75) is 39.8 Å². The molecule has 0 heterocycles. The molecule has 2 heteroatoms. The van der Waals surface area contributed by atoms with Gasteiger partial charge in [0.25, 0.3) is 0 Å². The molecule has 0 aliphatic heterocycles. The van der Waals surface area contributed by atoms with E-state index >= 15 is 0 Å². The Bertz CT molecular complexity index is 574. The maximum absolute atomic E-state index is 9.99. The van der Waals surface area contributed by atoms with Crippen LogP contribution < -0.4 is 5.32 Å². The number of aryl methyl sites for hydroxylation is 2. The van der Waals surface area contributed by atoms with Gasteiger partial charge in [-0.2, -0.15) is 0 Å². The Hall–Kier alpha value is -1.80. The molecule has 2 aromatic carbocycles. The van der Waals surface area contributed by atoms with Crippen LogP contribution in [0.15, 0.2) is 42.5 Å². The van der Waals surface area contributed by atoms with Crippen molar-refractivity contribution < 1.29 is 5.11 Å². The third-order valence-electron chi connectivity index (χ3n) is 3.73. The minimum Gasteiger partial charge on any atom is -0.508 e. The lowest BCUT2D eigenvalue weighted by molar-refractivity contribution is 0.438. The average Bonchev–Trinajstić information content (AvgIpc) is 2.42. The summed E-state index contributed by atoms with van der Waals surface area (Å²) < 4.78 is 0. The largest absolute Gasteiger partial charge is 0.508 e. The number of nitrogens with one attached hydrogen (secondary N) is 1. The molecule has 0 bridgehead atoms. The van der Waals surface area contributed by atoms with Crippen LogP contribution in [0, 0.1) is 13.8 Å². The van der Waals surface area contributed by atoms with Crippen molar-refractivity contribution in [2.75, 3.05) is 0 Å². The molecule has 2 rings (SSSR count). The molecule has 0 amide bonds. The Morgan fingerprint density at radius 1 is 0.850 bits per heavy atom. The molecule has 0 aromatic heterocycles. The summed E-state index contributed by atoms with van der Waals surface area (Å²) in [6, 6.07) is 14.6. The van der Waals surface area contributed by atoms with Crippen LogP contribution in [-0.2, 0) is 0 Å². The van der Waals surface area contributed by atoms with Crippen molar-refractivity contribution >= 4 is 0 Å². The monoisotopic (exact) mass is 269 g/mol. The topological polar surface area (TPSA) is 32.3 Å². The van der Waals surface area contributed by atoms with E-state index in [1.807, 2.05) is 19.1 Å². The molecule has 0 fully saturated rings. The second kappa shape index (κ2) is 6.10. The van der Waals surface area contributed by atoms with E-state index in [0.29, 0.717) is 5.75 Å². The summed E-state index contributed by atoms with van der Waals surface area (Å²) >= 11 is 0. The molecule has 0 aliphatic rings. The van der Waals surface area contributed by atoms with Crippen molar-refractivity contribution in [2.24, 2.45) is 0 Å². The highest BCUT2D eigenvalue weighted by atomic mass is 16.3. The minimum absolute atomic E-state index is 0.103. The van der Waals surface area contributed by atoms with Crippen LogP contribution in [-0.4, -0.2) is 5.11 Å². The molecule has 0 saturated heterocycles. The van der Waals surface area contributed by atoms with E-state index in [9.17, 15) is 5.11 Å². The van der Waals surface area contributed by atoms with Gasteiger partial charge in [0.05, 0.1) is 0 Å². The third kappa shape index (κ3) is 3.40. The first-order chi connectivity index (χ1) is 9.47. The van der Waals surface area contributed by atoms with Crippen molar-refractivity contribution in [3.8, 4) is 5.75 Å². The Morgan fingerprint density at radius 3 is 2.10 bits per heavy atom. The standard InChI is InChI=1S/C18H23NO/c1-12-5-8-16(9-6-12)14(3)19-15(4)17-11-13(2)7-10-18(17)20/h5-11,14-15,19-20H,1-4H3/t14-,15?/m0/s1. The van der Waals surface area contributed by atoms with Gasteiger partial charge in [0.15, 0.2) is 0 Å². The predicted molar refractivity (Wildman–Crippen MR) is 84.0 cm³/mol. The van der Waals surface area contributed by atoms with Crippen LogP contribution in [0.3, 0.4) is 0 Å². The maximum Gasteiger partial charge on any atom is 0.120 e. The van der Waals surface area contributed by atoms with Crippen LogP contribution in [0.5, 0.6) is 5.75 Å². The van der Waals surface area contributed by atoms with Gasteiger partial charge < -0.3 is 10.4 Å². The van der Waals surface area contributed by atoms with E-state index in [-0.39, 0.29) is 12.1 Å². The first-order valence-corrected chi connectivity index (χ1v) is 7.09. The first kappa shape index (κ1) is 14.6. The number of phenolic OH excluding ortho intramolecular Hbond substituents is 1. The Kier molecular flexibility index (Phi) is 4.46. The van der Waals surface area contributed by atoms with Gasteiger partial charge in [-0.1, -0.05) is 47.5 Å². The molecule has 2 nitrogen and oxygen atoms in total. The van der Waals surface area contributed by atoms with Crippen LogP contribution in [0.4, 0.5) is 0 Å². The highest BCUT2D eigenvalue weighted by Crippen LogP contribution is 2.27. The van der Waals surface area contributed by atoms with E-state index in [0.717, 1.165) is 11.1 Å². The molecular formula is C18H23NO. The van der Waals surface area contributed by atoms with Crippen molar-refractivity contribution in [1.82, 2.24) is 5.32 Å². The summed E-state index contributed by atoms with van der Waals surface area (Å²) in [4.78, 5) is 0. The Morgan fingerprint density at radius 2 is 1.45 bits per heavy atom. The molecule has 0 radical (unpaired) electrons. The van der Waals surface area contributed by atoms with Crippen LogP contribution in [0.25, 0.3) is 0 Å². The normalized spacial score (nSPS) is 14.0. The summed E-state index contributed by atoms with van der Waals surface area (Å²) in [6.07, 6.45) is 0. The highest BCUT2D eigenvalue weighted by Gasteiger charge is 2.14. The second-order valence-corrected chi connectivity index (χ2v) is 5.58. The minimum atomic E-state index is 0.103. The fourth-order valence-electron chi connectivity index (χ4n) is 2.44. The molecule has 2 aromatic rings. The van der Waals surface area contributed by atoms with Crippen molar-refractivity contribution in [1.29, 1.82) is 0 Å². The van der Waals surface area contributed by atoms with E-state index in [4.69, 9.17) is 0 Å². The highest BCUT2D eigenvalue weighted by molar-refractivity contribution is 5.38. The summed E-state index contributed by atoms with van der Waals surface area (Å²) in [7, 11) is 0. The van der Waals surface area contributed by atoms with Crippen molar-refractivity contribution in [3.63, 3.8) is 0 Å². The van der Waals surface area contributed by atoms with E-state index < -0.39 is 0 Å². The predicted octanol–water partition coefficient (Wildman–Crippen LogP) is 4.42. The van der Waals surface area contributed by atoms with E-state index in [1.165, 1.54) is 11.1 Å². The summed E-state index contributed by atoms with van der Waals surface area (Å²) in [5, 5.41) is 13.5. The molecule has 0 saturated carbocycles. The van der Waals surface area contributed by atoms with Gasteiger partial charge in [-0.25, -0.2) is 0 Å². The van der Waals surface area contributed by atoms with Crippen molar-refractivity contribution in [3.05, 3.63) is 64.7 Å². The van der Waals surface area contributed by atoms with Gasteiger partial charge in [-0.05, 0) is 39.3 Å². The lowest BCUT2D eigenvalue weighted by Gasteiger charge is -2.22. The molecule has 2 N–H and O–H groups in total. The van der Waals surface area contributed by atoms with Gasteiger partial charge in [0, 0.05) is 17.6 Å². The third-order valence-corrected chi connectivity index (χ3v) is 3.73. The number of aromatic hydroxyl groups is 1. The fourth-order valence-corrected chi connectivity index (χ4v) is 2.44. The molecule has 0 spiro atoms. The van der Waals surface area contributed by atoms with Crippen LogP contribution >= 0.6 is 0 Å². The average molecular weight is 269 g/mol.